The second-order valence-electron chi connectivity index (χ2n) is 16.6. The van der Waals surface area contributed by atoms with E-state index in [9.17, 15) is 9.18 Å². The summed E-state index contributed by atoms with van der Waals surface area (Å²) in [4.78, 5) is 28.5. The number of halogens is 1. The van der Waals surface area contributed by atoms with Crippen LogP contribution in [-0.4, -0.2) is 81.0 Å². The topological polar surface area (TPSA) is 118 Å². The second kappa shape index (κ2) is 16.3. The normalized spacial score (nSPS) is 20.0. The highest BCUT2D eigenvalue weighted by Gasteiger charge is 2.41. The molecular formula is C43H54FN7O4. The zero-order chi connectivity index (χ0) is 38.7. The van der Waals surface area contributed by atoms with Gasteiger partial charge < -0.3 is 29.0 Å². The number of hydrogen-bond acceptors (Lipinski definition) is 9. The van der Waals surface area contributed by atoms with Crippen LogP contribution in [0.5, 0.6) is 5.88 Å². The smallest absolute Gasteiger partial charge is 0.251 e. The number of nitriles is 1. The van der Waals surface area contributed by atoms with Crippen LogP contribution in [0.15, 0.2) is 54.6 Å². The summed E-state index contributed by atoms with van der Waals surface area (Å²) in [5, 5.41) is 12.3. The lowest BCUT2D eigenvalue weighted by Crippen LogP contribution is -2.44. The molecule has 3 aliphatic rings. The van der Waals surface area contributed by atoms with Crippen molar-refractivity contribution in [1.29, 1.82) is 5.26 Å². The first-order chi connectivity index (χ1) is 26.4. The Kier molecular flexibility index (Phi) is 11.4. The largest absolute Gasteiger partial charge is 0.473 e. The number of ether oxygens (including phenoxy) is 3. The van der Waals surface area contributed by atoms with Crippen LogP contribution in [0.4, 0.5) is 10.2 Å². The second-order valence-corrected chi connectivity index (χ2v) is 16.6. The van der Waals surface area contributed by atoms with Crippen LogP contribution in [0, 0.1) is 17.1 Å². The van der Waals surface area contributed by atoms with Crippen LogP contribution in [0.3, 0.4) is 0 Å². The average Bonchev–Trinajstić information content (AvgIpc) is 3.66. The molecule has 1 N–H and O–H groups in total. The summed E-state index contributed by atoms with van der Waals surface area (Å²) in [6, 6.07) is 18.6. The molecule has 0 unspecified atom stereocenters. The third-order valence-electron chi connectivity index (χ3n) is 11.4. The lowest BCUT2D eigenvalue weighted by Gasteiger charge is -2.33. The van der Waals surface area contributed by atoms with Gasteiger partial charge in [0, 0.05) is 61.1 Å². The molecule has 12 heteroatoms. The Hall–Kier alpha value is -4.57. The number of nitrogens with one attached hydrogen (secondary N) is 1. The number of carbonyl (C=O) groups excluding carboxylic acids is 1. The first kappa shape index (κ1) is 38.7. The molecule has 2 aromatic heterocycles. The fourth-order valence-corrected chi connectivity index (χ4v) is 8.10. The van der Waals surface area contributed by atoms with Gasteiger partial charge in [0.15, 0.2) is 0 Å². The lowest BCUT2D eigenvalue weighted by molar-refractivity contribution is -0.0592. The molecule has 2 bridgehead atoms. The van der Waals surface area contributed by atoms with E-state index in [1.807, 2.05) is 50.2 Å². The summed E-state index contributed by atoms with van der Waals surface area (Å²) in [6.07, 6.45) is 5.92. The number of aromatic nitrogens is 3. The Morgan fingerprint density at radius 3 is 2.65 bits per heavy atom. The predicted molar refractivity (Wildman–Crippen MR) is 209 cm³/mol. The van der Waals surface area contributed by atoms with Gasteiger partial charge in [0.25, 0.3) is 5.91 Å². The molecule has 2 aromatic carbocycles. The highest BCUT2D eigenvalue weighted by molar-refractivity contribution is 5.97. The van der Waals surface area contributed by atoms with Crippen LogP contribution in [0.25, 0.3) is 11.0 Å². The number of fused-ring (bicyclic) bond motifs is 3. The quantitative estimate of drug-likeness (QED) is 0.127. The van der Waals surface area contributed by atoms with E-state index >= 15 is 0 Å². The van der Waals surface area contributed by atoms with Crippen LogP contribution >= 0.6 is 0 Å². The molecule has 0 saturated carbocycles. The van der Waals surface area contributed by atoms with Crippen molar-refractivity contribution in [3.8, 4) is 11.9 Å². The predicted octanol–water partition coefficient (Wildman–Crippen LogP) is 7.16. The number of imidazole rings is 1. The third kappa shape index (κ3) is 9.12. The Morgan fingerprint density at radius 2 is 1.91 bits per heavy atom. The van der Waals surface area contributed by atoms with E-state index in [1.165, 1.54) is 6.07 Å². The van der Waals surface area contributed by atoms with Gasteiger partial charge in [-0.2, -0.15) is 10.2 Å². The van der Waals surface area contributed by atoms with Crippen LogP contribution in [0.1, 0.15) is 100 Å². The Labute approximate surface area is 323 Å². The van der Waals surface area contributed by atoms with Gasteiger partial charge >= 0.3 is 0 Å². The molecule has 0 spiro atoms. The SMILES string of the molecule is CCCC(C)(C)OCCC(C)(C)NC(=O)c1ccc2nc(CN3CC[C@H]4C[C@@H]3CN4c3cccc(OCc4ccc(C#N)cc4F)n3)n(C[C@H]3CCO3)c2c1. The van der Waals surface area contributed by atoms with Crippen molar-refractivity contribution in [2.24, 2.45) is 0 Å². The Balaban J connectivity index is 1.02. The van der Waals surface area contributed by atoms with Crippen molar-refractivity contribution in [2.45, 2.75) is 122 Å². The Bertz CT molecular complexity index is 2040. The van der Waals surface area contributed by atoms with Crippen molar-refractivity contribution in [3.63, 3.8) is 0 Å². The molecule has 3 fully saturated rings. The number of amides is 1. The average molecular weight is 752 g/mol. The molecule has 11 nitrogen and oxygen atoms in total. The fraction of sp³-hybridized carbons (Fsp3) is 0.535. The van der Waals surface area contributed by atoms with Crippen molar-refractivity contribution in [3.05, 3.63) is 82.9 Å². The first-order valence-corrected chi connectivity index (χ1v) is 19.8. The molecule has 0 aliphatic carbocycles. The molecule has 0 radical (unpaired) electrons. The number of hydrogen-bond donors (Lipinski definition) is 1. The molecule has 1 amide bonds. The van der Waals surface area contributed by atoms with E-state index in [1.54, 1.807) is 18.2 Å². The molecule has 7 rings (SSSR count). The zero-order valence-electron chi connectivity index (χ0n) is 32.8. The third-order valence-corrected chi connectivity index (χ3v) is 11.4. The number of carbonyl (C=O) groups is 1. The van der Waals surface area contributed by atoms with Gasteiger partial charge in [0.05, 0.1) is 47.5 Å². The minimum atomic E-state index is -0.466. The molecule has 292 valence electrons. The molecule has 5 heterocycles. The number of nitrogens with zero attached hydrogens (tertiary/aromatic N) is 6. The standard InChI is InChI=1S/C43H54FN7O4/c1-6-16-43(4,5)55-20-17-42(2,3)48-41(52)30-12-13-36-37(22-30)51(26-34-15-19-53-34)39(46-36)27-49-18-14-32-23-33(49)25-50(32)38-8-7-9-40(47-38)54-28-31-11-10-29(24-45)21-35(31)44/h7-13,21-22,32-34H,6,14-20,23,25-28H2,1-5H3,(H,48,52)/t32-,33+,34+/m0/s1. The summed E-state index contributed by atoms with van der Waals surface area (Å²) in [5.41, 5.74) is 2.48. The van der Waals surface area contributed by atoms with Gasteiger partial charge in [0.2, 0.25) is 5.88 Å². The maximum absolute atomic E-state index is 14.5. The van der Waals surface area contributed by atoms with Crippen molar-refractivity contribution in [2.75, 3.05) is 31.2 Å². The van der Waals surface area contributed by atoms with E-state index in [0.717, 1.165) is 74.5 Å². The summed E-state index contributed by atoms with van der Waals surface area (Å²) in [7, 11) is 0. The monoisotopic (exact) mass is 751 g/mol. The number of anilines is 1. The molecule has 4 aromatic rings. The van der Waals surface area contributed by atoms with Gasteiger partial charge in [-0.15, -0.1) is 0 Å². The maximum Gasteiger partial charge on any atom is 0.251 e. The van der Waals surface area contributed by atoms with E-state index < -0.39 is 11.4 Å². The molecule has 3 aliphatic heterocycles. The van der Waals surface area contributed by atoms with Crippen molar-refractivity contribution in [1.82, 2.24) is 24.8 Å². The van der Waals surface area contributed by atoms with Crippen LogP contribution in [0.2, 0.25) is 0 Å². The van der Waals surface area contributed by atoms with Crippen LogP contribution in [-0.2, 0) is 29.2 Å². The summed E-state index contributed by atoms with van der Waals surface area (Å²) < 4.78 is 34.7. The van der Waals surface area contributed by atoms with Gasteiger partial charge in [-0.1, -0.05) is 25.5 Å². The zero-order valence-corrected chi connectivity index (χ0v) is 32.8. The maximum atomic E-state index is 14.5. The number of pyridine rings is 1. The number of benzene rings is 2. The molecule has 3 saturated heterocycles. The highest BCUT2D eigenvalue weighted by atomic mass is 19.1. The summed E-state index contributed by atoms with van der Waals surface area (Å²) in [5.74, 6) is 1.69. The van der Waals surface area contributed by atoms with Crippen molar-refractivity contribution >= 4 is 22.8 Å². The molecule has 3 atom stereocenters. The highest BCUT2D eigenvalue weighted by Crippen LogP contribution is 2.35. The van der Waals surface area contributed by atoms with E-state index in [4.69, 9.17) is 29.4 Å². The number of rotatable bonds is 16. The minimum absolute atomic E-state index is 0.0259. The number of likely N-dealkylation sites (tertiary alicyclic amines) is 1. The number of piperidine rings is 1. The van der Waals surface area contributed by atoms with E-state index in [2.05, 4.69) is 40.5 Å². The minimum Gasteiger partial charge on any atom is -0.473 e. The van der Waals surface area contributed by atoms with E-state index in [0.29, 0.717) is 55.2 Å². The van der Waals surface area contributed by atoms with E-state index in [-0.39, 0.29) is 29.8 Å². The van der Waals surface area contributed by atoms with Crippen molar-refractivity contribution < 1.29 is 23.4 Å². The van der Waals surface area contributed by atoms with Crippen LogP contribution < -0.4 is 15.0 Å². The summed E-state index contributed by atoms with van der Waals surface area (Å²) >= 11 is 0. The molecule has 55 heavy (non-hydrogen) atoms. The lowest BCUT2D eigenvalue weighted by atomic mass is 9.99. The van der Waals surface area contributed by atoms with Gasteiger partial charge in [-0.05, 0) is 96.2 Å². The summed E-state index contributed by atoms with van der Waals surface area (Å²) in [6.45, 7) is 15.0. The van der Waals surface area contributed by atoms with Gasteiger partial charge in [-0.3, -0.25) is 9.69 Å². The van der Waals surface area contributed by atoms with Gasteiger partial charge in [0.1, 0.15) is 24.1 Å². The first-order valence-electron chi connectivity index (χ1n) is 19.8. The molecular weight excluding hydrogens is 698 g/mol. The Morgan fingerprint density at radius 1 is 1.07 bits per heavy atom. The van der Waals surface area contributed by atoms with Gasteiger partial charge in [-0.25, -0.2) is 9.37 Å². The fourth-order valence-electron chi connectivity index (χ4n) is 8.10.